The fourth-order valence-corrected chi connectivity index (χ4v) is 3.46. The van der Waals surface area contributed by atoms with Crippen LogP contribution in [0, 0.1) is 0 Å². The molecule has 0 aliphatic carbocycles. The lowest BCUT2D eigenvalue weighted by atomic mass is 9.94. The Hall–Kier alpha value is -3.53. The molecule has 1 heterocycles. The van der Waals surface area contributed by atoms with Crippen LogP contribution in [-0.2, 0) is 19.9 Å². The van der Waals surface area contributed by atoms with Gasteiger partial charge in [-0.2, -0.15) is 0 Å². The van der Waals surface area contributed by atoms with Crippen LogP contribution >= 0.6 is 0 Å². The van der Waals surface area contributed by atoms with E-state index in [1.807, 2.05) is 66.5 Å². The van der Waals surface area contributed by atoms with Gasteiger partial charge in [-0.3, -0.25) is 9.59 Å². The summed E-state index contributed by atoms with van der Waals surface area (Å²) in [6, 6.07) is 19.7. The van der Waals surface area contributed by atoms with Crippen molar-refractivity contribution in [2.45, 2.75) is 12.8 Å². The van der Waals surface area contributed by atoms with Crippen LogP contribution in [0.25, 0.3) is 11.0 Å². The monoisotopic (exact) mass is 368 g/mol. The number of fused-ring (bicyclic) bond motifs is 1. The number of aryl methyl sites for hydroxylation is 1. The normalized spacial score (nSPS) is 10.9. The SMILES string of the molecule is Cn1cnc2cc(Cc3ccc(C=O)cc3)c(Cc3ccc(C=O)cc3)cc21. The summed E-state index contributed by atoms with van der Waals surface area (Å²) in [4.78, 5) is 26.3. The molecular formula is C24H20N2O2. The van der Waals surface area contributed by atoms with Crippen molar-refractivity contribution in [3.63, 3.8) is 0 Å². The minimum atomic E-state index is 0.680. The first-order valence-corrected chi connectivity index (χ1v) is 9.17. The van der Waals surface area contributed by atoms with E-state index >= 15 is 0 Å². The van der Waals surface area contributed by atoms with Crippen molar-refractivity contribution >= 4 is 23.6 Å². The standard InChI is InChI=1S/C24H20N2O2/c1-26-16-25-23-12-21(10-17-2-6-19(14-27)7-3-17)22(13-24(23)26)11-18-4-8-20(15-28)9-5-18/h2-9,12-16H,10-11H2,1H3. The third kappa shape index (κ3) is 3.62. The molecule has 0 aliphatic heterocycles. The maximum Gasteiger partial charge on any atom is 0.150 e. The van der Waals surface area contributed by atoms with Crippen LogP contribution in [-0.4, -0.2) is 22.1 Å². The van der Waals surface area contributed by atoms with E-state index in [2.05, 4.69) is 17.1 Å². The summed E-state index contributed by atoms with van der Waals surface area (Å²) in [6.07, 6.45) is 5.10. The molecule has 0 radical (unpaired) electrons. The van der Waals surface area contributed by atoms with Gasteiger partial charge in [-0.1, -0.05) is 48.5 Å². The molecule has 0 bridgehead atoms. The number of carbonyl (C=O) groups is 2. The fourth-order valence-electron chi connectivity index (χ4n) is 3.46. The van der Waals surface area contributed by atoms with Crippen molar-refractivity contribution in [3.8, 4) is 0 Å². The van der Waals surface area contributed by atoms with Crippen molar-refractivity contribution in [3.05, 3.63) is 100 Å². The minimum Gasteiger partial charge on any atom is -0.334 e. The van der Waals surface area contributed by atoms with E-state index in [0.717, 1.165) is 47.6 Å². The molecule has 0 saturated heterocycles. The molecule has 0 amide bonds. The lowest BCUT2D eigenvalue weighted by Gasteiger charge is -2.12. The van der Waals surface area contributed by atoms with Gasteiger partial charge in [0.25, 0.3) is 0 Å². The molecule has 3 aromatic carbocycles. The highest BCUT2D eigenvalue weighted by atomic mass is 16.1. The van der Waals surface area contributed by atoms with E-state index in [-0.39, 0.29) is 0 Å². The van der Waals surface area contributed by atoms with Gasteiger partial charge in [-0.15, -0.1) is 0 Å². The van der Waals surface area contributed by atoms with Crippen molar-refractivity contribution in [1.29, 1.82) is 0 Å². The second-order valence-electron chi connectivity index (χ2n) is 7.04. The molecule has 0 saturated carbocycles. The number of nitrogens with zero attached hydrogens (tertiary/aromatic N) is 2. The summed E-state index contributed by atoms with van der Waals surface area (Å²) in [6.45, 7) is 0. The first-order valence-electron chi connectivity index (χ1n) is 9.17. The van der Waals surface area contributed by atoms with E-state index in [0.29, 0.717) is 11.1 Å². The van der Waals surface area contributed by atoms with Gasteiger partial charge in [0.1, 0.15) is 12.6 Å². The Labute approximate surface area is 163 Å². The Morgan fingerprint density at radius 1 is 0.786 bits per heavy atom. The Bertz CT molecular complexity index is 1140. The van der Waals surface area contributed by atoms with Gasteiger partial charge in [0.15, 0.2) is 0 Å². The van der Waals surface area contributed by atoms with Gasteiger partial charge in [0.05, 0.1) is 17.4 Å². The molecule has 0 aliphatic rings. The number of aromatic nitrogens is 2. The molecule has 0 atom stereocenters. The zero-order valence-electron chi connectivity index (χ0n) is 15.6. The smallest absolute Gasteiger partial charge is 0.150 e. The fraction of sp³-hybridized carbons (Fsp3) is 0.125. The summed E-state index contributed by atoms with van der Waals surface area (Å²) in [7, 11) is 2.00. The molecule has 4 nitrogen and oxygen atoms in total. The van der Waals surface area contributed by atoms with Gasteiger partial charge < -0.3 is 4.57 Å². The predicted octanol–water partition coefficient (Wildman–Crippen LogP) is 4.38. The summed E-state index contributed by atoms with van der Waals surface area (Å²) in [5.41, 5.74) is 8.18. The molecular weight excluding hydrogens is 348 g/mol. The van der Waals surface area contributed by atoms with E-state index in [1.165, 1.54) is 11.1 Å². The zero-order valence-corrected chi connectivity index (χ0v) is 15.6. The molecule has 0 unspecified atom stereocenters. The van der Waals surface area contributed by atoms with Crippen LogP contribution < -0.4 is 0 Å². The molecule has 138 valence electrons. The highest BCUT2D eigenvalue weighted by molar-refractivity contribution is 5.78. The van der Waals surface area contributed by atoms with Gasteiger partial charge in [0.2, 0.25) is 0 Å². The lowest BCUT2D eigenvalue weighted by Crippen LogP contribution is -1.99. The number of rotatable bonds is 6. The third-order valence-electron chi connectivity index (χ3n) is 5.07. The summed E-state index contributed by atoms with van der Waals surface area (Å²) >= 11 is 0. The first kappa shape index (κ1) is 17.9. The quantitative estimate of drug-likeness (QED) is 0.475. The Kier molecular flexibility index (Phi) is 4.85. The molecule has 28 heavy (non-hydrogen) atoms. The first-order chi connectivity index (χ1) is 13.7. The largest absolute Gasteiger partial charge is 0.334 e. The maximum atomic E-state index is 10.9. The van der Waals surface area contributed by atoms with E-state index in [9.17, 15) is 9.59 Å². The van der Waals surface area contributed by atoms with Crippen LogP contribution in [0.1, 0.15) is 43.0 Å². The number of hydrogen-bond donors (Lipinski definition) is 0. The Balaban J connectivity index is 1.72. The van der Waals surface area contributed by atoms with Crippen LogP contribution in [0.5, 0.6) is 0 Å². The molecule has 4 aromatic rings. The van der Waals surface area contributed by atoms with Crippen molar-refractivity contribution < 1.29 is 9.59 Å². The Morgan fingerprint density at radius 2 is 1.29 bits per heavy atom. The topological polar surface area (TPSA) is 52.0 Å². The van der Waals surface area contributed by atoms with Gasteiger partial charge in [-0.25, -0.2) is 4.98 Å². The summed E-state index contributed by atoms with van der Waals surface area (Å²) < 4.78 is 2.02. The number of imidazole rings is 1. The molecule has 1 aromatic heterocycles. The van der Waals surface area contributed by atoms with Crippen LogP contribution in [0.2, 0.25) is 0 Å². The number of benzene rings is 3. The van der Waals surface area contributed by atoms with E-state index < -0.39 is 0 Å². The van der Waals surface area contributed by atoms with Crippen molar-refractivity contribution in [2.75, 3.05) is 0 Å². The van der Waals surface area contributed by atoms with Gasteiger partial charge >= 0.3 is 0 Å². The average Bonchev–Trinajstić information content (AvgIpc) is 3.09. The molecule has 0 N–H and O–H groups in total. The molecule has 0 spiro atoms. The van der Waals surface area contributed by atoms with Crippen molar-refractivity contribution in [1.82, 2.24) is 9.55 Å². The lowest BCUT2D eigenvalue weighted by molar-refractivity contribution is 0.111. The summed E-state index contributed by atoms with van der Waals surface area (Å²) in [5, 5.41) is 0. The average molecular weight is 368 g/mol. The van der Waals surface area contributed by atoms with Gasteiger partial charge in [-0.05, 0) is 47.2 Å². The van der Waals surface area contributed by atoms with Crippen molar-refractivity contribution in [2.24, 2.45) is 7.05 Å². The predicted molar refractivity (Wildman–Crippen MR) is 110 cm³/mol. The molecule has 4 heteroatoms. The van der Waals surface area contributed by atoms with Crippen LogP contribution in [0.15, 0.2) is 67.0 Å². The van der Waals surface area contributed by atoms with Gasteiger partial charge in [0, 0.05) is 18.2 Å². The highest BCUT2D eigenvalue weighted by Crippen LogP contribution is 2.24. The second kappa shape index (κ2) is 7.61. The van der Waals surface area contributed by atoms with E-state index in [1.54, 1.807) is 0 Å². The highest BCUT2D eigenvalue weighted by Gasteiger charge is 2.10. The second-order valence-corrected chi connectivity index (χ2v) is 7.04. The maximum absolute atomic E-state index is 10.9. The minimum absolute atomic E-state index is 0.680. The summed E-state index contributed by atoms with van der Waals surface area (Å²) in [5.74, 6) is 0. The van der Waals surface area contributed by atoms with Crippen LogP contribution in [0.3, 0.4) is 0 Å². The molecule has 0 fully saturated rings. The Morgan fingerprint density at radius 3 is 1.79 bits per heavy atom. The molecule has 4 rings (SSSR count). The number of hydrogen-bond acceptors (Lipinski definition) is 3. The number of aldehydes is 2. The number of carbonyl (C=O) groups excluding carboxylic acids is 2. The van der Waals surface area contributed by atoms with E-state index in [4.69, 9.17) is 0 Å². The zero-order chi connectivity index (χ0) is 19.5. The third-order valence-corrected chi connectivity index (χ3v) is 5.07. The van der Waals surface area contributed by atoms with Crippen LogP contribution in [0.4, 0.5) is 0 Å².